The lowest BCUT2D eigenvalue weighted by Gasteiger charge is -2.27. The summed E-state index contributed by atoms with van der Waals surface area (Å²) in [7, 11) is -0.658. The lowest BCUT2D eigenvalue weighted by atomic mass is 10.0. The molecular weight excluding hydrogens is 270 g/mol. The molecule has 96 valence electrons. The van der Waals surface area contributed by atoms with Crippen molar-refractivity contribution in [3.8, 4) is 0 Å². The molecule has 0 bridgehead atoms. The van der Waals surface area contributed by atoms with Crippen LogP contribution in [-0.4, -0.2) is 28.0 Å². The highest BCUT2D eigenvalue weighted by Gasteiger charge is 2.25. The maximum absolute atomic E-state index is 11.0. The monoisotopic (exact) mass is 289 g/mol. The standard InChI is InChI=1S/C12H19NOS3/c1-9-8-11(13-5-3-7-17(2)14)10-4-6-15-12(10)16-9/h4,6,9,11,13H,3,5,7-8H2,1-2H3/t9-,11?,17?/m0/s1. The molecule has 0 amide bonds. The lowest BCUT2D eigenvalue weighted by Crippen LogP contribution is -2.27. The largest absolute Gasteiger partial charge is 0.310 e. The zero-order valence-corrected chi connectivity index (χ0v) is 12.7. The summed E-state index contributed by atoms with van der Waals surface area (Å²) in [6.45, 7) is 3.26. The molecule has 0 aliphatic carbocycles. The SMILES string of the molecule is C[C@H]1CC(NCCCS(C)=O)c2ccsc2S1. The van der Waals surface area contributed by atoms with E-state index in [0.29, 0.717) is 11.3 Å². The van der Waals surface area contributed by atoms with Crippen LogP contribution in [0, 0.1) is 0 Å². The Morgan fingerprint density at radius 3 is 3.18 bits per heavy atom. The van der Waals surface area contributed by atoms with Gasteiger partial charge in [-0.2, -0.15) is 0 Å². The molecule has 0 aromatic carbocycles. The summed E-state index contributed by atoms with van der Waals surface area (Å²) in [6.07, 6.45) is 3.97. The van der Waals surface area contributed by atoms with Gasteiger partial charge in [-0.1, -0.05) is 6.92 Å². The fourth-order valence-corrected chi connectivity index (χ4v) is 5.21. The van der Waals surface area contributed by atoms with E-state index in [4.69, 9.17) is 0 Å². The van der Waals surface area contributed by atoms with Crippen molar-refractivity contribution in [2.45, 2.75) is 35.3 Å². The van der Waals surface area contributed by atoms with Crippen LogP contribution >= 0.6 is 23.1 Å². The Morgan fingerprint density at radius 1 is 1.59 bits per heavy atom. The van der Waals surface area contributed by atoms with Gasteiger partial charge in [-0.3, -0.25) is 4.21 Å². The van der Waals surface area contributed by atoms with Gasteiger partial charge < -0.3 is 5.32 Å². The highest BCUT2D eigenvalue weighted by Crippen LogP contribution is 2.43. The predicted octanol–water partition coefficient (Wildman–Crippen LogP) is 3.03. The Balaban J connectivity index is 1.87. The van der Waals surface area contributed by atoms with Crippen molar-refractivity contribution < 1.29 is 4.21 Å². The van der Waals surface area contributed by atoms with E-state index in [1.165, 1.54) is 16.2 Å². The second-order valence-corrected chi connectivity index (χ2v) is 8.64. The molecule has 5 heteroatoms. The molecule has 1 N–H and O–H groups in total. The van der Waals surface area contributed by atoms with Crippen LogP contribution in [-0.2, 0) is 10.8 Å². The van der Waals surface area contributed by atoms with Gasteiger partial charge in [-0.15, -0.1) is 23.1 Å². The van der Waals surface area contributed by atoms with Gasteiger partial charge in [0.25, 0.3) is 0 Å². The number of nitrogens with one attached hydrogen (secondary N) is 1. The van der Waals surface area contributed by atoms with Crippen LogP contribution in [0.2, 0.25) is 0 Å². The van der Waals surface area contributed by atoms with Crippen molar-refractivity contribution in [1.82, 2.24) is 5.32 Å². The smallest absolute Gasteiger partial charge is 0.0649 e. The van der Waals surface area contributed by atoms with Gasteiger partial charge in [0, 0.05) is 34.1 Å². The summed E-state index contributed by atoms with van der Waals surface area (Å²) in [4.78, 5) is 0. The Hall–Kier alpha value is 0.160. The molecule has 0 fully saturated rings. The van der Waals surface area contributed by atoms with Gasteiger partial charge in [0.15, 0.2) is 0 Å². The molecule has 1 aromatic rings. The van der Waals surface area contributed by atoms with Gasteiger partial charge in [0.05, 0.1) is 4.21 Å². The summed E-state index contributed by atoms with van der Waals surface area (Å²) in [5.41, 5.74) is 1.47. The fraction of sp³-hybridized carbons (Fsp3) is 0.667. The molecular formula is C12H19NOS3. The van der Waals surface area contributed by atoms with Gasteiger partial charge in [0.1, 0.15) is 0 Å². The highest BCUT2D eigenvalue weighted by atomic mass is 32.2. The number of fused-ring (bicyclic) bond motifs is 1. The van der Waals surface area contributed by atoms with Crippen LogP contribution in [0.15, 0.2) is 15.7 Å². The highest BCUT2D eigenvalue weighted by molar-refractivity contribution is 8.01. The molecule has 1 aliphatic rings. The molecule has 1 aliphatic heterocycles. The van der Waals surface area contributed by atoms with E-state index in [2.05, 4.69) is 23.7 Å². The van der Waals surface area contributed by atoms with E-state index in [0.717, 1.165) is 18.7 Å². The van der Waals surface area contributed by atoms with Crippen LogP contribution in [0.3, 0.4) is 0 Å². The summed E-state index contributed by atoms with van der Waals surface area (Å²) in [5, 5.41) is 6.49. The Morgan fingerprint density at radius 2 is 2.41 bits per heavy atom. The van der Waals surface area contributed by atoms with Crippen molar-refractivity contribution in [3.63, 3.8) is 0 Å². The molecule has 3 atom stereocenters. The van der Waals surface area contributed by atoms with Crippen molar-refractivity contribution in [1.29, 1.82) is 0 Å². The predicted molar refractivity (Wildman–Crippen MR) is 78.5 cm³/mol. The van der Waals surface area contributed by atoms with E-state index < -0.39 is 10.8 Å². The minimum absolute atomic E-state index is 0.498. The maximum atomic E-state index is 11.0. The fourth-order valence-electron chi connectivity index (χ4n) is 2.09. The minimum Gasteiger partial charge on any atom is -0.310 e. The molecule has 0 saturated carbocycles. The van der Waals surface area contributed by atoms with Gasteiger partial charge in [-0.05, 0) is 36.4 Å². The first-order chi connectivity index (χ1) is 8.16. The number of rotatable bonds is 5. The third-order valence-corrected chi connectivity index (χ3v) is 6.12. The first-order valence-electron chi connectivity index (χ1n) is 5.94. The second kappa shape index (κ2) is 6.36. The molecule has 2 nitrogen and oxygen atoms in total. The summed E-state index contributed by atoms with van der Waals surface area (Å²) in [5.74, 6) is 0.806. The molecule has 1 aromatic heterocycles. The van der Waals surface area contributed by atoms with Crippen LogP contribution in [0.4, 0.5) is 0 Å². The Labute approximate surface area is 114 Å². The van der Waals surface area contributed by atoms with Crippen molar-refractivity contribution in [2.75, 3.05) is 18.6 Å². The number of hydrogen-bond acceptors (Lipinski definition) is 4. The van der Waals surface area contributed by atoms with E-state index in [1.807, 2.05) is 23.1 Å². The molecule has 0 spiro atoms. The Kier molecular flexibility index (Phi) is 5.09. The normalized spacial score (nSPS) is 25.5. The van der Waals surface area contributed by atoms with Crippen LogP contribution in [0.5, 0.6) is 0 Å². The van der Waals surface area contributed by atoms with E-state index in [1.54, 1.807) is 6.26 Å². The number of thioether (sulfide) groups is 1. The quantitative estimate of drug-likeness (QED) is 0.845. The van der Waals surface area contributed by atoms with Gasteiger partial charge >= 0.3 is 0 Å². The molecule has 2 rings (SSSR count). The van der Waals surface area contributed by atoms with Crippen LogP contribution in [0.1, 0.15) is 31.4 Å². The summed E-state index contributed by atoms with van der Waals surface area (Å²) >= 11 is 3.85. The zero-order chi connectivity index (χ0) is 12.3. The average Bonchev–Trinajstić information content (AvgIpc) is 2.71. The van der Waals surface area contributed by atoms with Crippen LogP contribution < -0.4 is 5.32 Å². The van der Waals surface area contributed by atoms with Crippen molar-refractivity contribution in [3.05, 3.63) is 17.0 Å². The third-order valence-electron chi connectivity index (χ3n) is 2.91. The van der Waals surface area contributed by atoms with E-state index in [-0.39, 0.29) is 0 Å². The topological polar surface area (TPSA) is 29.1 Å². The van der Waals surface area contributed by atoms with Gasteiger partial charge in [0.2, 0.25) is 0 Å². The van der Waals surface area contributed by atoms with E-state index >= 15 is 0 Å². The average molecular weight is 289 g/mol. The van der Waals surface area contributed by atoms with Crippen molar-refractivity contribution in [2.24, 2.45) is 0 Å². The zero-order valence-electron chi connectivity index (χ0n) is 10.3. The Bertz CT molecular complexity index is 391. The molecule has 0 saturated heterocycles. The van der Waals surface area contributed by atoms with Gasteiger partial charge in [-0.25, -0.2) is 0 Å². The molecule has 2 heterocycles. The summed E-state index contributed by atoms with van der Waals surface area (Å²) < 4.78 is 12.5. The molecule has 17 heavy (non-hydrogen) atoms. The van der Waals surface area contributed by atoms with Crippen molar-refractivity contribution >= 4 is 33.9 Å². The number of hydrogen-bond donors (Lipinski definition) is 1. The van der Waals surface area contributed by atoms with E-state index in [9.17, 15) is 4.21 Å². The molecule has 0 radical (unpaired) electrons. The minimum atomic E-state index is -0.658. The third kappa shape index (κ3) is 3.81. The number of thiophene rings is 1. The lowest BCUT2D eigenvalue weighted by molar-refractivity contribution is 0.489. The first kappa shape index (κ1) is 13.6. The maximum Gasteiger partial charge on any atom is 0.0649 e. The first-order valence-corrected chi connectivity index (χ1v) is 9.43. The second-order valence-electron chi connectivity index (χ2n) is 4.47. The molecule has 2 unspecified atom stereocenters. The van der Waals surface area contributed by atoms with Crippen LogP contribution in [0.25, 0.3) is 0 Å². The summed E-state index contributed by atoms with van der Waals surface area (Å²) in [6, 6.07) is 2.74.